The minimum atomic E-state index is -0.874. The van der Waals surface area contributed by atoms with Crippen molar-refractivity contribution < 1.29 is 28.8 Å². The van der Waals surface area contributed by atoms with E-state index in [1.807, 2.05) is 0 Å². The van der Waals surface area contributed by atoms with Crippen molar-refractivity contribution in [3.63, 3.8) is 0 Å². The fraction of sp³-hybridized carbons (Fsp3) is 0.960. The van der Waals surface area contributed by atoms with Crippen molar-refractivity contribution in [1.29, 1.82) is 0 Å². The molecule has 0 saturated carbocycles. The zero-order valence-electron chi connectivity index (χ0n) is 20.5. The molecule has 0 aliphatic carbocycles. The Bertz CT molecular complexity index is 319. The Hall–Kier alpha value is 0.0274. The molecule has 0 amide bonds. The van der Waals surface area contributed by atoms with Crippen LogP contribution in [0.5, 0.6) is 0 Å². The number of nitrogens with zero attached hydrogens (tertiary/aromatic N) is 1. The van der Waals surface area contributed by atoms with Crippen molar-refractivity contribution in [3.8, 4) is 0 Å². The Morgan fingerprint density at radius 2 is 0.966 bits per heavy atom. The fourth-order valence-corrected chi connectivity index (χ4v) is 4.04. The minimum Gasteiger partial charge on any atom is -0.548 e. The summed E-state index contributed by atoms with van der Waals surface area (Å²) in [7, 11) is 0. The first-order valence-electron chi connectivity index (χ1n) is 12.6. The molecular weight excluding hydrogens is 353 g/mol. The van der Waals surface area contributed by atoms with E-state index in [4.69, 9.17) is 0 Å². The van der Waals surface area contributed by atoms with E-state index in [2.05, 4.69) is 25.7 Å². The van der Waals surface area contributed by atoms with Crippen molar-refractivity contribution in [2.75, 3.05) is 13.1 Å². The van der Waals surface area contributed by atoms with Gasteiger partial charge in [0, 0.05) is 6.04 Å². The SMILES string of the molecule is CCCCCCCCCCN(CCCCCCCCCC)C(CCC)C(=O)[O-].[Li+]. The molecule has 3 nitrogen and oxygen atoms in total. The normalized spacial score (nSPS) is 12.1. The van der Waals surface area contributed by atoms with E-state index in [9.17, 15) is 9.90 Å². The zero-order chi connectivity index (χ0) is 20.9. The molecule has 29 heavy (non-hydrogen) atoms. The third kappa shape index (κ3) is 19.7. The number of aliphatic carboxylic acids is 1. The van der Waals surface area contributed by atoms with Gasteiger partial charge in [-0.05, 0) is 32.4 Å². The van der Waals surface area contributed by atoms with Crippen LogP contribution in [-0.4, -0.2) is 30.0 Å². The molecule has 0 aliphatic heterocycles. The van der Waals surface area contributed by atoms with E-state index in [0.717, 1.165) is 38.8 Å². The summed E-state index contributed by atoms with van der Waals surface area (Å²) in [5.41, 5.74) is 0. The molecule has 0 saturated heterocycles. The summed E-state index contributed by atoms with van der Waals surface area (Å²) < 4.78 is 0. The molecule has 168 valence electrons. The molecule has 0 bridgehead atoms. The molecule has 0 fully saturated rings. The molecule has 0 aromatic heterocycles. The van der Waals surface area contributed by atoms with Crippen LogP contribution in [0.2, 0.25) is 0 Å². The van der Waals surface area contributed by atoms with Gasteiger partial charge in [-0.25, -0.2) is 0 Å². The van der Waals surface area contributed by atoms with Gasteiger partial charge in [-0.3, -0.25) is 4.90 Å². The topological polar surface area (TPSA) is 43.4 Å². The summed E-state index contributed by atoms with van der Waals surface area (Å²) in [5, 5.41) is 11.6. The quantitative estimate of drug-likeness (QED) is 0.205. The van der Waals surface area contributed by atoms with E-state index in [0.29, 0.717) is 0 Å². The van der Waals surface area contributed by atoms with Crippen LogP contribution < -0.4 is 24.0 Å². The van der Waals surface area contributed by atoms with Gasteiger partial charge < -0.3 is 9.90 Å². The molecule has 0 aromatic rings. The first-order chi connectivity index (χ1) is 13.7. The number of hydrogen-bond donors (Lipinski definition) is 0. The number of carbonyl (C=O) groups is 1. The van der Waals surface area contributed by atoms with Crippen molar-refractivity contribution in [3.05, 3.63) is 0 Å². The predicted octanol–water partition coefficient (Wildman–Crippen LogP) is 3.49. The molecule has 0 rings (SSSR count). The number of carboxylic acids is 1. The van der Waals surface area contributed by atoms with Crippen LogP contribution in [-0.2, 0) is 4.79 Å². The van der Waals surface area contributed by atoms with Crippen LogP contribution in [0.3, 0.4) is 0 Å². The van der Waals surface area contributed by atoms with Gasteiger partial charge >= 0.3 is 18.9 Å². The van der Waals surface area contributed by atoms with Crippen molar-refractivity contribution in [2.24, 2.45) is 0 Å². The number of rotatable bonds is 22. The minimum absolute atomic E-state index is 0. The number of carbonyl (C=O) groups excluding carboxylic acids is 1. The summed E-state index contributed by atoms with van der Waals surface area (Å²) in [6.45, 7) is 8.42. The molecule has 0 spiro atoms. The van der Waals surface area contributed by atoms with Gasteiger partial charge in [-0.15, -0.1) is 0 Å². The molecule has 0 aromatic carbocycles. The van der Waals surface area contributed by atoms with Gasteiger partial charge in [-0.2, -0.15) is 0 Å². The van der Waals surface area contributed by atoms with Crippen molar-refractivity contribution in [2.45, 2.75) is 142 Å². The monoisotopic (exact) mass is 403 g/mol. The average Bonchev–Trinajstić information content (AvgIpc) is 2.68. The van der Waals surface area contributed by atoms with Gasteiger partial charge in [0.1, 0.15) is 0 Å². The van der Waals surface area contributed by atoms with Gasteiger partial charge in [0.05, 0.1) is 5.97 Å². The Kier molecular flexibility index (Phi) is 26.2. The van der Waals surface area contributed by atoms with Gasteiger partial charge in [0.25, 0.3) is 0 Å². The Labute approximate surface area is 195 Å². The maximum atomic E-state index is 11.6. The summed E-state index contributed by atoms with van der Waals surface area (Å²) in [6.07, 6.45) is 22.3. The maximum Gasteiger partial charge on any atom is 1.00 e. The molecule has 1 atom stereocenters. The second-order valence-corrected chi connectivity index (χ2v) is 8.61. The van der Waals surface area contributed by atoms with Crippen LogP contribution in [0.1, 0.15) is 136 Å². The molecule has 0 aliphatic rings. The van der Waals surface area contributed by atoms with Gasteiger partial charge in [0.2, 0.25) is 0 Å². The molecule has 0 N–H and O–H groups in total. The smallest absolute Gasteiger partial charge is 0.548 e. The number of carboxylic acid groups (broad SMARTS) is 1. The number of hydrogen-bond acceptors (Lipinski definition) is 3. The fourth-order valence-electron chi connectivity index (χ4n) is 4.04. The predicted molar refractivity (Wildman–Crippen MR) is 120 cm³/mol. The molecule has 0 radical (unpaired) electrons. The second-order valence-electron chi connectivity index (χ2n) is 8.61. The van der Waals surface area contributed by atoms with Crippen LogP contribution in [0, 0.1) is 0 Å². The van der Waals surface area contributed by atoms with Crippen LogP contribution in [0.4, 0.5) is 0 Å². The Morgan fingerprint density at radius 3 is 1.28 bits per heavy atom. The average molecular weight is 404 g/mol. The first kappa shape index (κ1) is 31.2. The van der Waals surface area contributed by atoms with E-state index in [1.165, 1.54) is 89.9 Å². The largest absolute Gasteiger partial charge is 1.00 e. The maximum absolute atomic E-state index is 11.6. The van der Waals surface area contributed by atoms with Crippen LogP contribution in [0.15, 0.2) is 0 Å². The van der Waals surface area contributed by atoms with Gasteiger partial charge in [0.15, 0.2) is 0 Å². The molecule has 4 heteroatoms. The standard InChI is InChI=1S/C25H51NO2.Li/c1-4-7-9-11-13-15-17-19-22-26(24(21-6-3)25(27)28)23-20-18-16-14-12-10-8-5-2;/h24H,4-23H2,1-3H3,(H,27,28);/q;+1/p-1. The number of unbranched alkanes of at least 4 members (excludes halogenated alkanes) is 14. The van der Waals surface area contributed by atoms with E-state index < -0.39 is 5.97 Å². The van der Waals surface area contributed by atoms with Crippen LogP contribution >= 0.6 is 0 Å². The van der Waals surface area contributed by atoms with Crippen molar-refractivity contribution in [1.82, 2.24) is 4.90 Å². The molecule has 0 heterocycles. The molecular formula is C25H50LiNO2. The Morgan fingerprint density at radius 1 is 0.621 bits per heavy atom. The van der Waals surface area contributed by atoms with Crippen LogP contribution in [0.25, 0.3) is 0 Å². The molecule has 1 unspecified atom stereocenters. The van der Waals surface area contributed by atoms with E-state index in [-0.39, 0.29) is 24.9 Å². The summed E-state index contributed by atoms with van der Waals surface area (Å²) in [5.74, 6) is -0.874. The summed E-state index contributed by atoms with van der Waals surface area (Å²) in [6, 6.07) is -0.390. The van der Waals surface area contributed by atoms with E-state index >= 15 is 0 Å². The summed E-state index contributed by atoms with van der Waals surface area (Å²) in [4.78, 5) is 13.9. The van der Waals surface area contributed by atoms with E-state index in [1.54, 1.807) is 0 Å². The summed E-state index contributed by atoms with van der Waals surface area (Å²) >= 11 is 0. The third-order valence-electron chi connectivity index (χ3n) is 5.87. The van der Waals surface area contributed by atoms with Crippen molar-refractivity contribution >= 4 is 5.97 Å². The van der Waals surface area contributed by atoms with Gasteiger partial charge in [-0.1, -0.05) is 117 Å². The third-order valence-corrected chi connectivity index (χ3v) is 5.87. The second kappa shape index (κ2) is 24.3. The Balaban J connectivity index is 0. The zero-order valence-corrected chi connectivity index (χ0v) is 20.5. The first-order valence-corrected chi connectivity index (χ1v) is 12.6.